The van der Waals surface area contributed by atoms with Gasteiger partial charge in [-0.05, 0) is 24.8 Å². The van der Waals surface area contributed by atoms with Crippen LogP contribution in [0, 0.1) is 11.8 Å². The summed E-state index contributed by atoms with van der Waals surface area (Å²) in [6, 6.07) is 8.57. The fourth-order valence-corrected chi connectivity index (χ4v) is 2.94. The van der Waals surface area contributed by atoms with Gasteiger partial charge in [0.2, 0.25) is 0 Å². The quantitative estimate of drug-likeness (QED) is 0.886. The van der Waals surface area contributed by atoms with Crippen LogP contribution in [0.3, 0.4) is 0 Å². The van der Waals surface area contributed by atoms with E-state index in [-0.39, 0.29) is 6.04 Å². The molecule has 2 rings (SSSR count). The summed E-state index contributed by atoms with van der Waals surface area (Å²) in [5.41, 5.74) is 7.27. The zero-order valence-electron chi connectivity index (χ0n) is 12.3. The van der Waals surface area contributed by atoms with Crippen LogP contribution in [0.1, 0.15) is 32.4 Å². The van der Waals surface area contributed by atoms with Gasteiger partial charge in [-0.15, -0.1) is 0 Å². The lowest BCUT2D eigenvalue weighted by atomic mass is 10.0. The highest BCUT2D eigenvalue weighted by atomic mass is 16.5. The summed E-state index contributed by atoms with van der Waals surface area (Å²) in [6.07, 6.45) is 0. The molecule has 1 saturated heterocycles. The maximum Gasteiger partial charge on any atom is 0.124 e. The Labute approximate surface area is 116 Å². The Morgan fingerprint density at radius 3 is 2.47 bits per heavy atom. The molecule has 0 saturated carbocycles. The van der Waals surface area contributed by atoms with Crippen LogP contribution in [0.4, 0.5) is 0 Å². The van der Waals surface area contributed by atoms with Gasteiger partial charge in [-0.2, -0.15) is 0 Å². The molecule has 3 unspecified atom stereocenters. The molecule has 2 N–H and O–H groups in total. The number of rotatable bonds is 5. The Balaban J connectivity index is 2.22. The van der Waals surface area contributed by atoms with Gasteiger partial charge in [0.15, 0.2) is 0 Å². The van der Waals surface area contributed by atoms with Crippen molar-refractivity contribution in [2.45, 2.75) is 26.8 Å². The van der Waals surface area contributed by atoms with Gasteiger partial charge >= 0.3 is 0 Å². The summed E-state index contributed by atoms with van der Waals surface area (Å²) in [5, 5.41) is 0. The largest absolute Gasteiger partial charge is 0.494 e. The summed E-state index contributed by atoms with van der Waals surface area (Å²) in [5.74, 6) is 2.47. The van der Waals surface area contributed by atoms with Crippen LogP contribution in [0.5, 0.6) is 5.75 Å². The van der Waals surface area contributed by atoms with E-state index in [4.69, 9.17) is 10.5 Å². The molecule has 0 aromatic heterocycles. The van der Waals surface area contributed by atoms with Crippen LogP contribution < -0.4 is 10.5 Å². The molecule has 1 fully saturated rings. The van der Waals surface area contributed by atoms with Crippen LogP contribution in [0.15, 0.2) is 24.3 Å². The van der Waals surface area contributed by atoms with E-state index >= 15 is 0 Å². The maximum absolute atomic E-state index is 6.04. The van der Waals surface area contributed by atoms with Crippen LogP contribution >= 0.6 is 0 Å². The molecule has 106 valence electrons. The molecule has 0 aliphatic carbocycles. The summed E-state index contributed by atoms with van der Waals surface area (Å²) >= 11 is 0. The van der Waals surface area contributed by atoms with Gasteiger partial charge in [0.1, 0.15) is 5.75 Å². The molecule has 0 spiro atoms. The Bertz CT molecular complexity index is 397. The minimum absolute atomic E-state index is 0.273. The molecule has 19 heavy (non-hydrogen) atoms. The SMILES string of the molecule is CCOc1ccccc1C(CN)N1CC(C)C(C)C1. The number of benzene rings is 1. The summed E-state index contributed by atoms with van der Waals surface area (Å²) in [6.45, 7) is 10.3. The smallest absolute Gasteiger partial charge is 0.124 e. The van der Waals surface area contributed by atoms with Crippen molar-refractivity contribution in [3.05, 3.63) is 29.8 Å². The van der Waals surface area contributed by atoms with Crippen LogP contribution in [0.2, 0.25) is 0 Å². The average Bonchev–Trinajstić information content (AvgIpc) is 2.73. The van der Waals surface area contributed by atoms with Gasteiger partial charge in [-0.1, -0.05) is 32.0 Å². The Kier molecular flexibility index (Phi) is 4.83. The summed E-state index contributed by atoms with van der Waals surface area (Å²) < 4.78 is 5.75. The first-order valence-electron chi connectivity index (χ1n) is 7.33. The van der Waals surface area contributed by atoms with E-state index < -0.39 is 0 Å². The van der Waals surface area contributed by atoms with Gasteiger partial charge in [-0.25, -0.2) is 0 Å². The fourth-order valence-electron chi connectivity index (χ4n) is 2.94. The van der Waals surface area contributed by atoms with Crippen molar-refractivity contribution in [2.24, 2.45) is 17.6 Å². The first-order valence-corrected chi connectivity index (χ1v) is 7.33. The molecule has 1 aliphatic rings. The highest BCUT2D eigenvalue weighted by molar-refractivity contribution is 5.36. The minimum Gasteiger partial charge on any atom is -0.494 e. The molecule has 0 bridgehead atoms. The lowest BCUT2D eigenvalue weighted by Gasteiger charge is -2.28. The molecule has 1 aromatic rings. The van der Waals surface area contributed by atoms with E-state index in [9.17, 15) is 0 Å². The number of likely N-dealkylation sites (tertiary alicyclic amines) is 1. The second-order valence-electron chi connectivity index (χ2n) is 5.63. The van der Waals surface area contributed by atoms with Crippen molar-refractivity contribution < 1.29 is 4.74 Å². The molecule has 3 atom stereocenters. The zero-order chi connectivity index (χ0) is 13.8. The van der Waals surface area contributed by atoms with Crippen molar-refractivity contribution in [2.75, 3.05) is 26.2 Å². The molecule has 1 aromatic carbocycles. The number of nitrogens with zero attached hydrogens (tertiary/aromatic N) is 1. The number of nitrogens with two attached hydrogens (primary N) is 1. The highest BCUT2D eigenvalue weighted by Gasteiger charge is 2.32. The summed E-state index contributed by atoms with van der Waals surface area (Å²) in [7, 11) is 0. The number of hydrogen-bond donors (Lipinski definition) is 1. The maximum atomic E-state index is 6.04. The molecule has 0 radical (unpaired) electrons. The first-order chi connectivity index (χ1) is 9.17. The molecule has 3 heteroatoms. The number of ether oxygens (including phenoxy) is 1. The molecule has 1 heterocycles. The van der Waals surface area contributed by atoms with Crippen LogP contribution in [-0.4, -0.2) is 31.1 Å². The topological polar surface area (TPSA) is 38.5 Å². The van der Waals surface area contributed by atoms with Crippen molar-refractivity contribution in [3.8, 4) is 5.75 Å². The van der Waals surface area contributed by atoms with E-state index in [2.05, 4.69) is 30.9 Å². The van der Waals surface area contributed by atoms with Gasteiger partial charge < -0.3 is 10.5 Å². The lowest BCUT2D eigenvalue weighted by Crippen LogP contribution is -2.32. The Morgan fingerprint density at radius 2 is 1.89 bits per heavy atom. The van der Waals surface area contributed by atoms with Crippen LogP contribution in [-0.2, 0) is 0 Å². The molecule has 3 nitrogen and oxygen atoms in total. The number of hydrogen-bond acceptors (Lipinski definition) is 3. The predicted molar refractivity (Wildman–Crippen MR) is 79.3 cm³/mol. The highest BCUT2D eigenvalue weighted by Crippen LogP contribution is 2.34. The third-order valence-electron chi connectivity index (χ3n) is 4.26. The van der Waals surface area contributed by atoms with Gasteiger partial charge in [0, 0.05) is 25.2 Å². The minimum atomic E-state index is 0.273. The van der Waals surface area contributed by atoms with Gasteiger partial charge in [0.05, 0.1) is 12.6 Å². The third-order valence-corrected chi connectivity index (χ3v) is 4.26. The standard InChI is InChI=1S/C16H26N2O/c1-4-19-16-8-6-5-7-14(16)15(9-17)18-10-12(2)13(3)11-18/h5-8,12-13,15H,4,9-11,17H2,1-3H3. The van der Waals surface area contributed by atoms with E-state index in [1.807, 2.05) is 19.1 Å². The zero-order valence-corrected chi connectivity index (χ0v) is 12.3. The Morgan fingerprint density at radius 1 is 1.26 bits per heavy atom. The van der Waals surface area contributed by atoms with E-state index in [1.54, 1.807) is 0 Å². The van der Waals surface area contributed by atoms with Crippen molar-refractivity contribution >= 4 is 0 Å². The van der Waals surface area contributed by atoms with E-state index in [0.717, 1.165) is 30.7 Å². The average molecular weight is 262 g/mol. The first kappa shape index (κ1) is 14.4. The van der Waals surface area contributed by atoms with Gasteiger partial charge in [-0.3, -0.25) is 4.90 Å². The van der Waals surface area contributed by atoms with Crippen molar-refractivity contribution in [1.82, 2.24) is 4.90 Å². The van der Waals surface area contributed by atoms with E-state index in [1.165, 1.54) is 5.56 Å². The second kappa shape index (κ2) is 6.40. The number of para-hydroxylation sites is 1. The second-order valence-corrected chi connectivity index (χ2v) is 5.63. The summed E-state index contributed by atoms with van der Waals surface area (Å²) in [4.78, 5) is 2.51. The molecular formula is C16H26N2O. The van der Waals surface area contributed by atoms with E-state index in [0.29, 0.717) is 13.2 Å². The third kappa shape index (κ3) is 3.10. The monoisotopic (exact) mass is 262 g/mol. The lowest BCUT2D eigenvalue weighted by molar-refractivity contribution is 0.231. The molecule has 1 aliphatic heterocycles. The normalized spacial score (nSPS) is 25.5. The molecule has 0 amide bonds. The predicted octanol–water partition coefficient (Wildman–Crippen LogP) is 2.67. The van der Waals surface area contributed by atoms with Crippen molar-refractivity contribution in [1.29, 1.82) is 0 Å². The van der Waals surface area contributed by atoms with Crippen LogP contribution in [0.25, 0.3) is 0 Å². The van der Waals surface area contributed by atoms with Gasteiger partial charge in [0.25, 0.3) is 0 Å². The fraction of sp³-hybridized carbons (Fsp3) is 0.625. The Hall–Kier alpha value is -1.06. The van der Waals surface area contributed by atoms with Crippen molar-refractivity contribution in [3.63, 3.8) is 0 Å². The molecular weight excluding hydrogens is 236 g/mol.